The summed E-state index contributed by atoms with van der Waals surface area (Å²) in [6.45, 7) is 4.56. The van der Waals surface area contributed by atoms with Gasteiger partial charge in [0, 0.05) is 25.7 Å². The second-order valence-corrected chi connectivity index (χ2v) is 5.42. The predicted molar refractivity (Wildman–Crippen MR) is 81.5 cm³/mol. The second-order valence-electron chi connectivity index (χ2n) is 5.42. The van der Waals surface area contributed by atoms with Crippen LogP contribution in [0.3, 0.4) is 0 Å². The molecule has 1 N–H and O–H groups in total. The maximum Gasteiger partial charge on any atom is 0.146 e. The van der Waals surface area contributed by atoms with E-state index in [1.807, 2.05) is 6.07 Å². The smallest absolute Gasteiger partial charge is 0.146 e. The minimum atomic E-state index is -0.267. The van der Waals surface area contributed by atoms with Crippen molar-refractivity contribution in [3.05, 3.63) is 54.1 Å². The topological polar surface area (TPSA) is 15.3 Å². The standard InChI is InChI=1S/C17H18F2N2/c1-12-11-20-8-9-21(12)17-10-14(4-7-16(17)19)13-2-5-15(18)6-3-13/h2-7,10,12,20H,8-9,11H2,1H3/t12-/m1/s1. The number of anilines is 1. The van der Waals surface area contributed by atoms with Crippen LogP contribution >= 0.6 is 0 Å². The van der Waals surface area contributed by atoms with Gasteiger partial charge in [0.25, 0.3) is 0 Å². The van der Waals surface area contributed by atoms with E-state index in [4.69, 9.17) is 0 Å². The molecule has 2 aromatic rings. The summed E-state index contributed by atoms with van der Waals surface area (Å²) in [5.74, 6) is -0.480. The molecule has 0 unspecified atom stereocenters. The Kier molecular flexibility index (Phi) is 3.88. The Balaban J connectivity index is 1.97. The highest BCUT2D eigenvalue weighted by atomic mass is 19.1. The molecule has 2 aromatic carbocycles. The maximum atomic E-state index is 14.2. The molecule has 110 valence electrons. The van der Waals surface area contributed by atoms with Crippen molar-refractivity contribution in [1.82, 2.24) is 5.32 Å². The lowest BCUT2D eigenvalue weighted by Gasteiger charge is -2.36. The summed E-state index contributed by atoms with van der Waals surface area (Å²) < 4.78 is 27.2. The first-order valence-corrected chi connectivity index (χ1v) is 7.18. The summed E-state index contributed by atoms with van der Waals surface area (Å²) in [6, 6.07) is 11.6. The summed E-state index contributed by atoms with van der Waals surface area (Å²) in [7, 11) is 0. The van der Waals surface area contributed by atoms with Gasteiger partial charge in [-0.25, -0.2) is 8.78 Å². The third kappa shape index (κ3) is 2.90. The van der Waals surface area contributed by atoms with E-state index in [9.17, 15) is 8.78 Å². The van der Waals surface area contributed by atoms with Crippen LogP contribution in [-0.4, -0.2) is 25.7 Å². The highest BCUT2D eigenvalue weighted by Crippen LogP contribution is 2.29. The highest BCUT2D eigenvalue weighted by Gasteiger charge is 2.21. The fraction of sp³-hybridized carbons (Fsp3) is 0.294. The molecule has 1 aliphatic heterocycles. The zero-order valence-corrected chi connectivity index (χ0v) is 11.9. The molecule has 2 nitrogen and oxygen atoms in total. The van der Waals surface area contributed by atoms with E-state index >= 15 is 0 Å². The van der Waals surface area contributed by atoms with Gasteiger partial charge in [-0.3, -0.25) is 0 Å². The Labute approximate surface area is 123 Å². The van der Waals surface area contributed by atoms with Crippen molar-refractivity contribution in [1.29, 1.82) is 0 Å². The largest absolute Gasteiger partial charge is 0.364 e. The Bertz CT molecular complexity index is 625. The predicted octanol–water partition coefficient (Wildman–Crippen LogP) is 3.43. The van der Waals surface area contributed by atoms with Gasteiger partial charge in [0.1, 0.15) is 11.6 Å². The third-order valence-corrected chi connectivity index (χ3v) is 3.93. The van der Waals surface area contributed by atoms with Crippen LogP contribution in [0.25, 0.3) is 11.1 Å². The van der Waals surface area contributed by atoms with Crippen molar-refractivity contribution in [2.75, 3.05) is 24.5 Å². The Morgan fingerprint density at radius 2 is 1.76 bits per heavy atom. The highest BCUT2D eigenvalue weighted by molar-refractivity contribution is 5.69. The van der Waals surface area contributed by atoms with Crippen LogP contribution in [0.2, 0.25) is 0 Å². The van der Waals surface area contributed by atoms with Crippen molar-refractivity contribution in [3.8, 4) is 11.1 Å². The van der Waals surface area contributed by atoms with Gasteiger partial charge in [0.05, 0.1) is 5.69 Å². The zero-order valence-electron chi connectivity index (χ0n) is 11.9. The van der Waals surface area contributed by atoms with Gasteiger partial charge >= 0.3 is 0 Å². The monoisotopic (exact) mass is 288 g/mol. The lowest BCUT2D eigenvalue weighted by atomic mass is 10.0. The number of hydrogen-bond donors (Lipinski definition) is 1. The molecule has 0 radical (unpaired) electrons. The quantitative estimate of drug-likeness (QED) is 0.911. The molecule has 4 heteroatoms. The summed E-state index contributed by atoms with van der Waals surface area (Å²) in [5.41, 5.74) is 2.41. The molecule has 0 spiro atoms. The number of nitrogens with one attached hydrogen (secondary N) is 1. The lowest BCUT2D eigenvalue weighted by Crippen LogP contribution is -2.50. The summed E-state index contributed by atoms with van der Waals surface area (Å²) in [5, 5.41) is 3.30. The molecule has 0 aliphatic carbocycles. The van der Waals surface area contributed by atoms with E-state index in [0.29, 0.717) is 5.69 Å². The molecule has 0 amide bonds. The number of hydrogen-bond acceptors (Lipinski definition) is 2. The number of halogens is 2. The minimum absolute atomic E-state index is 0.213. The van der Waals surface area contributed by atoms with Crippen LogP contribution in [0.5, 0.6) is 0 Å². The molecule has 3 rings (SSSR count). The molecule has 0 aromatic heterocycles. The van der Waals surface area contributed by atoms with E-state index in [2.05, 4.69) is 17.1 Å². The maximum absolute atomic E-state index is 14.2. The Morgan fingerprint density at radius 3 is 2.48 bits per heavy atom. The molecule has 1 fully saturated rings. The van der Waals surface area contributed by atoms with Gasteiger partial charge in [-0.2, -0.15) is 0 Å². The van der Waals surface area contributed by atoms with E-state index in [-0.39, 0.29) is 17.7 Å². The summed E-state index contributed by atoms with van der Waals surface area (Å²) >= 11 is 0. The third-order valence-electron chi connectivity index (χ3n) is 3.93. The van der Waals surface area contributed by atoms with Crippen LogP contribution in [-0.2, 0) is 0 Å². The van der Waals surface area contributed by atoms with Gasteiger partial charge < -0.3 is 10.2 Å². The number of nitrogens with zero attached hydrogens (tertiary/aromatic N) is 1. The van der Waals surface area contributed by atoms with Crippen molar-refractivity contribution in [2.24, 2.45) is 0 Å². The SMILES string of the molecule is C[C@@H]1CNCCN1c1cc(-c2ccc(F)cc2)ccc1F. The van der Waals surface area contributed by atoms with Crippen LogP contribution in [0.15, 0.2) is 42.5 Å². The number of benzene rings is 2. The van der Waals surface area contributed by atoms with Crippen LogP contribution in [0.4, 0.5) is 14.5 Å². The average Bonchev–Trinajstić information content (AvgIpc) is 2.50. The average molecular weight is 288 g/mol. The van der Waals surface area contributed by atoms with Gasteiger partial charge in [-0.05, 0) is 42.3 Å². The van der Waals surface area contributed by atoms with Crippen LogP contribution in [0, 0.1) is 11.6 Å². The van der Waals surface area contributed by atoms with Crippen molar-refractivity contribution < 1.29 is 8.78 Å². The number of piperazine rings is 1. The molecular weight excluding hydrogens is 270 g/mol. The normalized spacial score (nSPS) is 18.8. The first-order valence-electron chi connectivity index (χ1n) is 7.18. The van der Waals surface area contributed by atoms with E-state index in [1.165, 1.54) is 18.2 Å². The first kappa shape index (κ1) is 14.0. The van der Waals surface area contributed by atoms with Crippen molar-refractivity contribution in [2.45, 2.75) is 13.0 Å². The second kappa shape index (κ2) is 5.82. The first-order chi connectivity index (χ1) is 10.1. The molecule has 0 bridgehead atoms. The zero-order chi connectivity index (χ0) is 14.8. The molecule has 1 aliphatic rings. The number of rotatable bonds is 2. The molecule has 1 heterocycles. The molecular formula is C17H18F2N2. The van der Waals surface area contributed by atoms with Crippen molar-refractivity contribution in [3.63, 3.8) is 0 Å². The van der Waals surface area contributed by atoms with E-state index in [1.54, 1.807) is 18.2 Å². The fourth-order valence-electron chi connectivity index (χ4n) is 2.75. The molecule has 21 heavy (non-hydrogen) atoms. The van der Waals surface area contributed by atoms with Gasteiger partial charge in [0.15, 0.2) is 0 Å². The van der Waals surface area contributed by atoms with Gasteiger partial charge in [0.2, 0.25) is 0 Å². The lowest BCUT2D eigenvalue weighted by molar-refractivity contribution is 0.491. The van der Waals surface area contributed by atoms with Gasteiger partial charge in [-0.1, -0.05) is 18.2 Å². The van der Waals surface area contributed by atoms with Crippen LogP contribution in [0.1, 0.15) is 6.92 Å². The molecule has 1 saturated heterocycles. The fourth-order valence-corrected chi connectivity index (χ4v) is 2.75. The molecule has 1 atom stereocenters. The van der Waals surface area contributed by atoms with Gasteiger partial charge in [-0.15, -0.1) is 0 Å². The Morgan fingerprint density at radius 1 is 1.05 bits per heavy atom. The summed E-state index contributed by atoms with van der Waals surface area (Å²) in [6.07, 6.45) is 0. The summed E-state index contributed by atoms with van der Waals surface area (Å²) in [4.78, 5) is 2.08. The van der Waals surface area contributed by atoms with Crippen molar-refractivity contribution >= 4 is 5.69 Å². The van der Waals surface area contributed by atoms with Crippen LogP contribution < -0.4 is 10.2 Å². The molecule has 0 saturated carbocycles. The van der Waals surface area contributed by atoms with E-state index < -0.39 is 0 Å². The Hall–Kier alpha value is -1.94. The minimum Gasteiger partial charge on any atom is -0.364 e. The van der Waals surface area contributed by atoms with E-state index in [0.717, 1.165) is 30.8 Å².